The summed E-state index contributed by atoms with van der Waals surface area (Å²) >= 11 is 0. The molecule has 0 bridgehead atoms. The number of rotatable bonds is 2. The highest BCUT2D eigenvalue weighted by atomic mass is 16.2. The van der Waals surface area contributed by atoms with Crippen LogP contribution in [-0.2, 0) is 4.79 Å². The van der Waals surface area contributed by atoms with E-state index in [2.05, 4.69) is 24.5 Å². The van der Waals surface area contributed by atoms with Gasteiger partial charge in [-0.15, -0.1) is 0 Å². The fourth-order valence-corrected chi connectivity index (χ4v) is 3.13. The first kappa shape index (κ1) is 12.9. The number of hydrogen-bond donors (Lipinski definition) is 2. The molecule has 2 N–H and O–H groups in total. The van der Waals surface area contributed by atoms with Gasteiger partial charge in [0.25, 0.3) is 0 Å². The number of amides is 1. The molecule has 2 aliphatic rings. The molecule has 0 aromatic heterocycles. The van der Waals surface area contributed by atoms with Crippen LogP contribution in [0, 0.1) is 11.3 Å². The molecule has 2 fully saturated rings. The molecule has 3 nitrogen and oxygen atoms in total. The summed E-state index contributed by atoms with van der Waals surface area (Å²) in [6.45, 7) is 6.43. The van der Waals surface area contributed by atoms with Crippen LogP contribution in [0.5, 0.6) is 0 Å². The van der Waals surface area contributed by atoms with Gasteiger partial charge in [0.05, 0.1) is 0 Å². The van der Waals surface area contributed by atoms with Gasteiger partial charge in [0.2, 0.25) is 5.91 Å². The van der Waals surface area contributed by atoms with E-state index in [1.807, 2.05) is 0 Å². The average molecular weight is 238 g/mol. The van der Waals surface area contributed by atoms with E-state index < -0.39 is 0 Å². The number of carbonyl (C=O) groups is 1. The molecule has 2 atom stereocenters. The van der Waals surface area contributed by atoms with E-state index in [0.29, 0.717) is 17.9 Å². The lowest BCUT2D eigenvalue weighted by Gasteiger charge is -2.36. The third-order valence-corrected chi connectivity index (χ3v) is 4.61. The molecule has 1 aliphatic heterocycles. The summed E-state index contributed by atoms with van der Waals surface area (Å²) in [4.78, 5) is 12.4. The molecule has 0 aromatic carbocycles. The summed E-state index contributed by atoms with van der Waals surface area (Å²) < 4.78 is 0. The quantitative estimate of drug-likeness (QED) is 0.773. The Kier molecular flexibility index (Phi) is 4.08. The van der Waals surface area contributed by atoms with Crippen molar-refractivity contribution in [3.63, 3.8) is 0 Å². The zero-order valence-corrected chi connectivity index (χ0v) is 11.2. The number of carbonyl (C=O) groups excluding carboxylic acids is 1. The van der Waals surface area contributed by atoms with Crippen molar-refractivity contribution in [3.05, 3.63) is 0 Å². The minimum atomic E-state index is -0.0944. The highest BCUT2D eigenvalue weighted by molar-refractivity contribution is 5.82. The summed E-state index contributed by atoms with van der Waals surface area (Å²) in [5.74, 6) is 0.857. The van der Waals surface area contributed by atoms with E-state index in [-0.39, 0.29) is 5.41 Å². The zero-order chi connectivity index (χ0) is 12.3. The van der Waals surface area contributed by atoms with Gasteiger partial charge in [-0.1, -0.05) is 33.1 Å². The van der Waals surface area contributed by atoms with Crippen molar-refractivity contribution in [3.8, 4) is 0 Å². The minimum absolute atomic E-state index is 0.0944. The first-order valence-electron chi connectivity index (χ1n) is 7.13. The number of piperidine rings is 1. The predicted molar refractivity (Wildman–Crippen MR) is 69.8 cm³/mol. The zero-order valence-electron chi connectivity index (χ0n) is 11.2. The second-order valence-electron chi connectivity index (χ2n) is 6.17. The van der Waals surface area contributed by atoms with E-state index in [4.69, 9.17) is 0 Å². The van der Waals surface area contributed by atoms with Gasteiger partial charge < -0.3 is 10.6 Å². The molecule has 3 heteroatoms. The van der Waals surface area contributed by atoms with E-state index in [1.165, 1.54) is 19.3 Å². The average Bonchev–Trinajstić information content (AvgIpc) is 2.33. The van der Waals surface area contributed by atoms with Gasteiger partial charge in [0.1, 0.15) is 0 Å². The lowest BCUT2D eigenvalue weighted by Crippen LogP contribution is -2.52. The molecule has 17 heavy (non-hydrogen) atoms. The largest absolute Gasteiger partial charge is 0.353 e. The Morgan fingerprint density at radius 1 is 1.29 bits per heavy atom. The van der Waals surface area contributed by atoms with Crippen LogP contribution in [-0.4, -0.2) is 25.0 Å². The Morgan fingerprint density at radius 3 is 2.65 bits per heavy atom. The molecule has 1 heterocycles. The molecule has 0 spiro atoms. The first-order valence-corrected chi connectivity index (χ1v) is 7.13. The van der Waals surface area contributed by atoms with Crippen LogP contribution in [0.2, 0.25) is 0 Å². The first-order chi connectivity index (χ1) is 8.12. The maximum absolute atomic E-state index is 12.4. The molecule has 1 saturated carbocycles. The van der Waals surface area contributed by atoms with Crippen LogP contribution in [0.4, 0.5) is 0 Å². The second kappa shape index (κ2) is 5.38. The lowest BCUT2D eigenvalue weighted by molar-refractivity contribution is -0.133. The van der Waals surface area contributed by atoms with Crippen molar-refractivity contribution in [2.45, 2.75) is 58.4 Å². The van der Waals surface area contributed by atoms with Crippen LogP contribution >= 0.6 is 0 Å². The van der Waals surface area contributed by atoms with Gasteiger partial charge in [0, 0.05) is 11.5 Å². The van der Waals surface area contributed by atoms with Crippen molar-refractivity contribution < 1.29 is 4.79 Å². The SMILES string of the molecule is CC1CNCCC1NC(=O)C1(C)CCCCC1. The van der Waals surface area contributed by atoms with Gasteiger partial charge in [-0.05, 0) is 38.3 Å². The summed E-state index contributed by atoms with van der Waals surface area (Å²) in [7, 11) is 0. The molecule has 1 saturated heterocycles. The van der Waals surface area contributed by atoms with Gasteiger partial charge in [-0.2, -0.15) is 0 Å². The topological polar surface area (TPSA) is 41.1 Å². The number of nitrogens with one attached hydrogen (secondary N) is 2. The Morgan fingerprint density at radius 2 is 2.00 bits per heavy atom. The van der Waals surface area contributed by atoms with Crippen LogP contribution < -0.4 is 10.6 Å². The van der Waals surface area contributed by atoms with Gasteiger partial charge in [0.15, 0.2) is 0 Å². The molecule has 98 valence electrons. The highest BCUT2D eigenvalue weighted by Crippen LogP contribution is 2.36. The summed E-state index contributed by atoms with van der Waals surface area (Å²) in [6, 6.07) is 0.377. The molecule has 2 unspecified atom stereocenters. The van der Waals surface area contributed by atoms with E-state index in [0.717, 1.165) is 32.4 Å². The fraction of sp³-hybridized carbons (Fsp3) is 0.929. The van der Waals surface area contributed by atoms with Gasteiger partial charge in [-0.3, -0.25) is 4.79 Å². The Bertz CT molecular complexity index is 271. The summed E-state index contributed by atoms with van der Waals surface area (Å²) in [5.41, 5.74) is -0.0944. The number of hydrogen-bond acceptors (Lipinski definition) is 2. The fourth-order valence-electron chi connectivity index (χ4n) is 3.13. The Balaban J connectivity index is 1.90. The lowest BCUT2D eigenvalue weighted by atomic mass is 9.74. The molecular weight excluding hydrogens is 212 g/mol. The van der Waals surface area contributed by atoms with Crippen molar-refractivity contribution in [2.24, 2.45) is 11.3 Å². The second-order valence-corrected chi connectivity index (χ2v) is 6.17. The van der Waals surface area contributed by atoms with Crippen molar-refractivity contribution in [1.29, 1.82) is 0 Å². The van der Waals surface area contributed by atoms with Crippen molar-refractivity contribution in [2.75, 3.05) is 13.1 Å². The van der Waals surface area contributed by atoms with Crippen LogP contribution in [0.3, 0.4) is 0 Å². The molecule has 2 rings (SSSR count). The molecule has 0 aromatic rings. The van der Waals surface area contributed by atoms with E-state index in [1.54, 1.807) is 0 Å². The minimum Gasteiger partial charge on any atom is -0.353 e. The standard InChI is InChI=1S/C14H26N2O/c1-11-10-15-9-6-12(11)16-13(17)14(2)7-4-3-5-8-14/h11-12,15H,3-10H2,1-2H3,(H,16,17). The molecular formula is C14H26N2O. The summed E-state index contributed by atoms with van der Waals surface area (Å²) in [5, 5.41) is 6.68. The van der Waals surface area contributed by atoms with Gasteiger partial charge in [-0.25, -0.2) is 0 Å². The Labute approximate surface area is 105 Å². The summed E-state index contributed by atoms with van der Waals surface area (Å²) in [6.07, 6.45) is 6.93. The monoisotopic (exact) mass is 238 g/mol. The normalized spacial score (nSPS) is 33.1. The third-order valence-electron chi connectivity index (χ3n) is 4.61. The predicted octanol–water partition coefficient (Wildman–Crippen LogP) is 2.07. The molecule has 1 amide bonds. The molecule has 1 aliphatic carbocycles. The van der Waals surface area contributed by atoms with Crippen LogP contribution in [0.15, 0.2) is 0 Å². The maximum atomic E-state index is 12.4. The van der Waals surface area contributed by atoms with Crippen LogP contribution in [0.1, 0.15) is 52.4 Å². The smallest absolute Gasteiger partial charge is 0.226 e. The third kappa shape index (κ3) is 3.01. The highest BCUT2D eigenvalue weighted by Gasteiger charge is 2.36. The van der Waals surface area contributed by atoms with E-state index in [9.17, 15) is 4.79 Å². The van der Waals surface area contributed by atoms with Gasteiger partial charge >= 0.3 is 0 Å². The maximum Gasteiger partial charge on any atom is 0.226 e. The molecule has 0 radical (unpaired) electrons. The van der Waals surface area contributed by atoms with Crippen molar-refractivity contribution in [1.82, 2.24) is 10.6 Å². The van der Waals surface area contributed by atoms with Crippen LogP contribution in [0.25, 0.3) is 0 Å². The Hall–Kier alpha value is -0.570. The van der Waals surface area contributed by atoms with E-state index >= 15 is 0 Å². The van der Waals surface area contributed by atoms with Crippen molar-refractivity contribution >= 4 is 5.91 Å².